The Morgan fingerprint density at radius 2 is 1.97 bits per heavy atom. The molecule has 31 heavy (non-hydrogen) atoms. The van der Waals surface area contributed by atoms with Gasteiger partial charge >= 0.3 is 5.97 Å². The number of sulfone groups is 1. The number of aromatic nitrogens is 3. The van der Waals surface area contributed by atoms with E-state index >= 15 is 0 Å². The fourth-order valence-corrected chi connectivity index (χ4v) is 6.15. The summed E-state index contributed by atoms with van der Waals surface area (Å²) in [6.45, 7) is 9.45. The van der Waals surface area contributed by atoms with E-state index in [2.05, 4.69) is 5.10 Å². The predicted octanol–water partition coefficient (Wildman–Crippen LogP) is 3.32. The second-order valence-corrected chi connectivity index (χ2v) is 11.1. The van der Waals surface area contributed by atoms with E-state index in [0.717, 1.165) is 5.69 Å². The zero-order valence-electron chi connectivity index (χ0n) is 18.4. The number of Topliss-reactive ketones (excluding diaryl/α,β-unsaturated/α-hetero) is 1. The van der Waals surface area contributed by atoms with Crippen molar-refractivity contribution < 1.29 is 22.7 Å². The maximum Gasteiger partial charge on any atom is 0.343 e. The van der Waals surface area contributed by atoms with Crippen molar-refractivity contribution >= 4 is 33.2 Å². The fraction of sp³-hybridized carbons (Fsp3) is 0.571. The van der Waals surface area contributed by atoms with Gasteiger partial charge in [0, 0.05) is 29.5 Å². The molecule has 1 unspecified atom stereocenters. The van der Waals surface area contributed by atoms with E-state index in [1.165, 1.54) is 0 Å². The Bertz CT molecular complexity index is 1130. The van der Waals surface area contributed by atoms with Crippen molar-refractivity contribution in [2.24, 2.45) is 5.92 Å². The minimum Gasteiger partial charge on any atom is -0.454 e. The second-order valence-electron chi connectivity index (χ2n) is 8.54. The molecule has 3 rings (SSSR count). The lowest BCUT2D eigenvalue weighted by Gasteiger charge is -2.16. The van der Waals surface area contributed by atoms with E-state index in [4.69, 9.17) is 16.3 Å². The maximum absolute atomic E-state index is 12.8. The first-order valence-electron chi connectivity index (χ1n) is 10.2. The lowest BCUT2D eigenvalue weighted by atomic mass is 10.1. The normalized spacial score (nSPS) is 18.0. The van der Waals surface area contributed by atoms with Crippen LogP contribution in [0.1, 0.15) is 64.1 Å². The number of halogens is 1. The van der Waals surface area contributed by atoms with Crippen LogP contribution >= 0.6 is 11.6 Å². The molecule has 0 spiro atoms. The molecule has 0 radical (unpaired) electrons. The van der Waals surface area contributed by atoms with Crippen LogP contribution in [-0.2, 0) is 21.1 Å². The number of carbonyl (C=O) groups excluding carboxylic acids is 2. The molecule has 2 aromatic rings. The molecule has 1 saturated heterocycles. The zero-order valence-corrected chi connectivity index (χ0v) is 20.0. The van der Waals surface area contributed by atoms with Gasteiger partial charge < -0.3 is 9.30 Å². The monoisotopic (exact) mass is 469 g/mol. The fourth-order valence-electron chi connectivity index (χ4n) is 4.13. The van der Waals surface area contributed by atoms with Crippen LogP contribution in [0.2, 0.25) is 5.15 Å². The van der Waals surface area contributed by atoms with Crippen molar-refractivity contribution in [1.82, 2.24) is 14.3 Å². The lowest BCUT2D eigenvalue weighted by molar-refractivity contribution is 0.0473. The van der Waals surface area contributed by atoms with Gasteiger partial charge in [-0.3, -0.25) is 9.48 Å². The van der Waals surface area contributed by atoms with Crippen LogP contribution < -0.4 is 0 Å². The van der Waals surface area contributed by atoms with Crippen molar-refractivity contribution in [1.29, 1.82) is 0 Å². The number of carbonyl (C=O) groups is 2. The molecule has 1 aliphatic rings. The number of hydrogen-bond acceptors (Lipinski definition) is 6. The first kappa shape index (κ1) is 23.5. The van der Waals surface area contributed by atoms with Gasteiger partial charge in [0.1, 0.15) is 10.7 Å². The lowest BCUT2D eigenvalue weighted by Crippen LogP contribution is -2.17. The molecule has 170 valence electrons. The number of aryl methyl sites for hydroxylation is 2. The number of nitrogens with zero attached hydrogens (tertiary/aromatic N) is 3. The maximum atomic E-state index is 12.8. The highest BCUT2D eigenvalue weighted by molar-refractivity contribution is 7.91. The molecule has 1 aliphatic heterocycles. The van der Waals surface area contributed by atoms with Crippen molar-refractivity contribution in [2.45, 2.75) is 53.6 Å². The standard InChI is InChI=1S/C21H28ClN3O5S/c1-12(2)9-24-20(22)19(14(4)23-24)21(27)30-10-18(26)17-8-13(3)25(15(17)5)16-6-7-31(28,29)11-16/h8,12,16H,6-7,9-11H2,1-5H3. The van der Waals surface area contributed by atoms with Gasteiger partial charge in [0.05, 0.1) is 17.2 Å². The predicted molar refractivity (Wildman–Crippen MR) is 118 cm³/mol. The summed E-state index contributed by atoms with van der Waals surface area (Å²) in [7, 11) is -3.05. The molecule has 1 atom stereocenters. The average molecular weight is 470 g/mol. The summed E-state index contributed by atoms with van der Waals surface area (Å²) in [5, 5.41) is 4.49. The quantitative estimate of drug-likeness (QED) is 0.455. The van der Waals surface area contributed by atoms with Crippen LogP contribution in [-0.4, -0.2) is 52.6 Å². The highest BCUT2D eigenvalue weighted by atomic mass is 35.5. The van der Waals surface area contributed by atoms with Crippen LogP contribution in [0.25, 0.3) is 0 Å². The van der Waals surface area contributed by atoms with Gasteiger partial charge in [0.15, 0.2) is 16.4 Å². The van der Waals surface area contributed by atoms with Crippen molar-refractivity contribution in [3.8, 4) is 0 Å². The highest BCUT2D eigenvalue weighted by Crippen LogP contribution is 2.29. The topological polar surface area (TPSA) is 100 Å². The number of ether oxygens (including phenoxy) is 1. The molecule has 10 heteroatoms. The number of esters is 1. The van der Waals surface area contributed by atoms with Gasteiger partial charge in [-0.05, 0) is 39.2 Å². The third kappa shape index (κ3) is 4.87. The summed E-state index contributed by atoms with van der Waals surface area (Å²) in [5.41, 5.74) is 2.52. The Morgan fingerprint density at radius 1 is 1.29 bits per heavy atom. The molecule has 0 aliphatic carbocycles. The summed E-state index contributed by atoms with van der Waals surface area (Å²) >= 11 is 6.31. The van der Waals surface area contributed by atoms with Crippen molar-refractivity contribution in [2.75, 3.05) is 18.1 Å². The van der Waals surface area contributed by atoms with Crippen molar-refractivity contribution in [3.63, 3.8) is 0 Å². The number of hydrogen-bond donors (Lipinski definition) is 0. The Morgan fingerprint density at radius 3 is 2.55 bits per heavy atom. The van der Waals surface area contributed by atoms with Gasteiger partial charge in [-0.2, -0.15) is 5.10 Å². The summed E-state index contributed by atoms with van der Waals surface area (Å²) in [5.74, 6) is -0.518. The Kier molecular flexibility index (Phi) is 6.67. The molecule has 0 N–H and O–H groups in total. The van der Waals surface area contributed by atoms with Crippen LogP contribution in [0.3, 0.4) is 0 Å². The van der Waals surface area contributed by atoms with E-state index in [-0.39, 0.29) is 34.0 Å². The molecule has 1 fully saturated rings. The molecule has 0 bridgehead atoms. The summed E-state index contributed by atoms with van der Waals surface area (Å²) in [6, 6.07) is 1.54. The number of ketones is 1. The summed E-state index contributed by atoms with van der Waals surface area (Å²) in [4.78, 5) is 25.3. The van der Waals surface area contributed by atoms with Crippen LogP contribution in [0.15, 0.2) is 6.07 Å². The highest BCUT2D eigenvalue weighted by Gasteiger charge is 2.32. The van der Waals surface area contributed by atoms with E-state index in [0.29, 0.717) is 35.8 Å². The smallest absolute Gasteiger partial charge is 0.343 e. The van der Waals surface area contributed by atoms with Gasteiger partial charge in [0.2, 0.25) is 5.78 Å². The largest absolute Gasteiger partial charge is 0.454 e. The van der Waals surface area contributed by atoms with Crippen LogP contribution in [0, 0.1) is 26.7 Å². The minimum atomic E-state index is -3.05. The first-order valence-corrected chi connectivity index (χ1v) is 12.4. The van der Waals surface area contributed by atoms with Gasteiger partial charge in [-0.1, -0.05) is 25.4 Å². The van der Waals surface area contributed by atoms with E-state index in [9.17, 15) is 18.0 Å². The van der Waals surface area contributed by atoms with Gasteiger partial charge in [0.25, 0.3) is 0 Å². The van der Waals surface area contributed by atoms with Gasteiger partial charge in [-0.25, -0.2) is 13.2 Å². The Balaban J connectivity index is 1.73. The van der Waals surface area contributed by atoms with E-state index < -0.39 is 22.4 Å². The molecule has 2 aromatic heterocycles. The Hall–Kier alpha value is -2.13. The van der Waals surface area contributed by atoms with Gasteiger partial charge in [-0.15, -0.1) is 0 Å². The second kappa shape index (κ2) is 8.78. The van der Waals surface area contributed by atoms with E-state index in [1.807, 2.05) is 25.3 Å². The molecule has 0 amide bonds. The number of rotatable bonds is 7. The molecule has 0 saturated carbocycles. The minimum absolute atomic E-state index is 0.0735. The third-order valence-electron chi connectivity index (χ3n) is 5.50. The summed E-state index contributed by atoms with van der Waals surface area (Å²) in [6.07, 6.45) is 0.527. The summed E-state index contributed by atoms with van der Waals surface area (Å²) < 4.78 is 32.4. The molecule has 3 heterocycles. The zero-order chi connectivity index (χ0) is 23.1. The van der Waals surface area contributed by atoms with Crippen LogP contribution in [0.5, 0.6) is 0 Å². The van der Waals surface area contributed by atoms with E-state index in [1.54, 1.807) is 24.6 Å². The molecular weight excluding hydrogens is 442 g/mol. The average Bonchev–Trinajstić information content (AvgIpc) is 3.25. The SMILES string of the molecule is Cc1nn(CC(C)C)c(Cl)c1C(=O)OCC(=O)c1cc(C)n(C2CCS(=O)(=O)C2)c1C. The van der Waals surface area contributed by atoms with Crippen LogP contribution in [0.4, 0.5) is 0 Å². The third-order valence-corrected chi connectivity index (χ3v) is 7.63. The first-order chi connectivity index (χ1) is 14.4. The Labute approximate surface area is 187 Å². The molecule has 8 nitrogen and oxygen atoms in total. The van der Waals surface area contributed by atoms with Crippen molar-refractivity contribution in [3.05, 3.63) is 39.4 Å². The molecular formula is C21H28ClN3O5S. The molecule has 0 aromatic carbocycles.